The van der Waals surface area contributed by atoms with Gasteiger partial charge in [0.1, 0.15) is 5.69 Å². The van der Waals surface area contributed by atoms with E-state index in [9.17, 15) is 0 Å². The second-order valence-electron chi connectivity index (χ2n) is 2.25. The Bertz CT molecular complexity index is 191. The second kappa shape index (κ2) is 2.05. The summed E-state index contributed by atoms with van der Waals surface area (Å²) >= 11 is 0. The van der Waals surface area contributed by atoms with Gasteiger partial charge in [-0.2, -0.15) is 10.3 Å². The molecule has 3 N–H and O–H groups in total. The van der Waals surface area contributed by atoms with Crippen LogP contribution in [0.25, 0.3) is 0 Å². The molecule has 0 fully saturated rings. The molecule has 0 amide bonds. The normalized spacial score (nSPS) is 10.6. The average Bonchev–Trinajstić information content (AvgIpc) is 2.13. The van der Waals surface area contributed by atoms with E-state index in [1.165, 1.54) is 0 Å². The average molecular weight is 126 g/mol. The predicted octanol–water partition coefficient (Wildman–Crippen LogP) is 0.510. The van der Waals surface area contributed by atoms with Gasteiger partial charge in [0.15, 0.2) is 5.82 Å². The van der Waals surface area contributed by atoms with E-state index in [0.29, 0.717) is 11.7 Å². The fourth-order valence-electron chi connectivity index (χ4n) is 0.672. The first-order chi connectivity index (χ1) is 4.22. The second-order valence-corrected chi connectivity index (χ2v) is 2.25. The summed E-state index contributed by atoms with van der Waals surface area (Å²) in [6, 6.07) is 0. The van der Waals surface area contributed by atoms with Crippen molar-refractivity contribution in [2.45, 2.75) is 19.8 Å². The van der Waals surface area contributed by atoms with Crippen LogP contribution in [0.4, 0.5) is 5.82 Å². The molecule has 4 nitrogen and oxygen atoms in total. The van der Waals surface area contributed by atoms with Crippen LogP contribution in [0.1, 0.15) is 25.5 Å². The Morgan fingerprint density at radius 1 is 1.44 bits per heavy atom. The summed E-state index contributed by atoms with van der Waals surface area (Å²) in [5, 5.41) is 9.99. The number of hydrogen-bond acceptors (Lipinski definition) is 3. The van der Waals surface area contributed by atoms with E-state index in [0.717, 1.165) is 5.69 Å². The minimum Gasteiger partial charge on any atom is -0.381 e. The standard InChI is InChI=1S/C5H10N4/c1-3(2)4-5(6)8-9-7-4/h3H,1-2H3,(H3,6,7,8,9). The van der Waals surface area contributed by atoms with Crippen LogP contribution in [0.15, 0.2) is 0 Å². The molecule has 0 radical (unpaired) electrons. The van der Waals surface area contributed by atoms with Gasteiger partial charge in [0, 0.05) is 5.92 Å². The third-order valence-corrected chi connectivity index (χ3v) is 1.15. The van der Waals surface area contributed by atoms with Crippen LogP contribution in [0.2, 0.25) is 0 Å². The number of aromatic amines is 1. The molecule has 9 heavy (non-hydrogen) atoms. The summed E-state index contributed by atoms with van der Waals surface area (Å²) < 4.78 is 0. The highest BCUT2D eigenvalue weighted by atomic mass is 15.3. The van der Waals surface area contributed by atoms with Crippen LogP contribution in [-0.2, 0) is 0 Å². The molecule has 0 spiro atoms. The van der Waals surface area contributed by atoms with Gasteiger partial charge in [-0.3, -0.25) is 0 Å². The molecule has 0 saturated carbocycles. The van der Waals surface area contributed by atoms with Crippen LogP contribution < -0.4 is 5.73 Å². The van der Waals surface area contributed by atoms with E-state index in [2.05, 4.69) is 15.4 Å². The lowest BCUT2D eigenvalue weighted by atomic mass is 10.1. The van der Waals surface area contributed by atoms with Crippen molar-refractivity contribution in [3.05, 3.63) is 5.69 Å². The van der Waals surface area contributed by atoms with Gasteiger partial charge in [0.25, 0.3) is 0 Å². The highest BCUT2D eigenvalue weighted by molar-refractivity contribution is 5.33. The largest absolute Gasteiger partial charge is 0.381 e. The third kappa shape index (κ3) is 1.01. The van der Waals surface area contributed by atoms with Gasteiger partial charge < -0.3 is 5.73 Å². The molecule has 0 atom stereocenters. The Morgan fingerprint density at radius 3 is 2.33 bits per heavy atom. The van der Waals surface area contributed by atoms with Crippen molar-refractivity contribution in [1.82, 2.24) is 15.4 Å². The van der Waals surface area contributed by atoms with E-state index in [-0.39, 0.29) is 0 Å². The van der Waals surface area contributed by atoms with E-state index in [1.54, 1.807) is 0 Å². The van der Waals surface area contributed by atoms with Crippen molar-refractivity contribution in [2.24, 2.45) is 0 Å². The SMILES string of the molecule is CC(C)c1n[nH]nc1N. The summed E-state index contributed by atoms with van der Waals surface area (Å²) in [5.74, 6) is 0.855. The Kier molecular flexibility index (Phi) is 1.38. The first-order valence-corrected chi connectivity index (χ1v) is 2.88. The Labute approximate surface area is 53.5 Å². The van der Waals surface area contributed by atoms with Crippen LogP contribution >= 0.6 is 0 Å². The molecule has 0 saturated heterocycles. The molecular weight excluding hydrogens is 116 g/mol. The molecule has 0 aliphatic heterocycles. The van der Waals surface area contributed by atoms with Crippen molar-refractivity contribution < 1.29 is 0 Å². The highest BCUT2D eigenvalue weighted by Gasteiger charge is 2.06. The summed E-state index contributed by atoms with van der Waals surface area (Å²) in [5.41, 5.74) is 6.28. The zero-order valence-electron chi connectivity index (χ0n) is 5.55. The Balaban J connectivity index is 2.94. The molecule has 0 aliphatic carbocycles. The maximum absolute atomic E-state index is 5.44. The number of H-pyrrole nitrogens is 1. The lowest BCUT2D eigenvalue weighted by molar-refractivity contribution is 0.805. The van der Waals surface area contributed by atoms with Gasteiger partial charge in [0.2, 0.25) is 0 Å². The number of nitrogens with two attached hydrogens (primary N) is 1. The van der Waals surface area contributed by atoms with Gasteiger partial charge in [-0.1, -0.05) is 13.8 Å². The number of aromatic nitrogens is 3. The van der Waals surface area contributed by atoms with Crippen LogP contribution in [0.3, 0.4) is 0 Å². The first kappa shape index (κ1) is 6.07. The van der Waals surface area contributed by atoms with Gasteiger partial charge in [-0.25, -0.2) is 0 Å². The number of rotatable bonds is 1. The Hall–Kier alpha value is -1.06. The molecule has 4 heteroatoms. The molecule has 1 aromatic rings. The minimum atomic E-state index is 0.351. The van der Waals surface area contributed by atoms with Gasteiger partial charge in [-0.05, 0) is 0 Å². The van der Waals surface area contributed by atoms with Crippen LogP contribution in [0, 0.1) is 0 Å². The van der Waals surface area contributed by atoms with Crippen molar-refractivity contribution >= 4 is 5.82 Å². The van der Waals surface area contributed by atoms with E-state index in [1.807, 2.05) is 13.8 Å². The molecule has 0 aromatic carbocycles. The molecular formula is C5H10N4. The molecule has 1 aromatic heterocycles. The smallest absolute Gasteiger partial charge is 0.169 e. The Morgan fingerprint density at radius 2 is 2.11 bits per heavy atom. The van der Waals surface area contributed by atoms with Crippen LogP contribution in [-0.4, -0.2) is 15.4 Å². The number of hydrogen-bond donors (Lipinski definition) is 2. The van der Waals surface area contributed by atoms with E-state index < -0.39 is 0 Å². The highest BCUT2D eigenvalue weighted by Crippen LogP contribution is 2.14. The van der Waals surface area contributed by atoms with Crippen LogP contribution in [0.5, 0.6) is 0 Å². The lowest BCUT2D eigenvalue weighted by Crippen LogP contribution is -1.94. The quantitative estimate of drug-likeness (QED) is 0.576. The fourth-order valence-corrected chi connectivity index (χ4v) is 0.672. The number of anilines is 1. The fraction of sp³-hybridized carbons (Fsp3) is 0.600. The topological polar surface area (TPSA) is 67.6 Å². The summed E-state index contributed by atoms with van der Waals surface area (Å²) in [6.45, 7) is 4.04. The summed E-state index contributed by atoms with van der Waals surface area (Å²) in [7, 11) is 0. The maximum atomic E-state index is 5.44. The molecule has 0 aliphatic rings. The molecule has 0 unspecified atom stereocenters. The third-order valence-electron chi connectivity index (χ3n) is 1.15. The lowest BCUT2D eigenvalue weighted by Gasteiger charge is -1.96. The van der Waals surface area contributed by atoms with E-state index in [4.69, 9.17) is 5.73 Å². The van der Waals surface area contributed by atoms with Gasteiger partial charge in [0.05, 0.1) is 0 Å². The number of nitrogen functional groups attached to an aromatic ring is 1. The summed E-state index contributed by atoms with van der Waals surface area (Å²) in [4.78, 5) is 0. The zero-order valence-corrected chi connectivity index (χ0v) is 5.55. The minimum absolute atomic E-state index is 0.351. The molecule has 50 valence electrons. The van der Waals surface area contributed by atoms with Crippen molar-refractivity contribution in [2.75, 3.05) is 5.73 Å². The molecule has 1 heterocycles. The van der Waals surface area contributed by atoms with Crippen molar-refractivity contribution in [3.8, 4) is 0 Å². The zero-order chi connectivity index (χ0) is 6.85. The van der Waals surface area contributed by atoms with Crippen molar-refractivity contribution in [3.63, 3.8) is 0 Å². The summed E-state index contributed by atoms with van der Waals surface area (Å²) in [6.07, 6.45) is 0. The number of nitrogens with one attached hydrogen (secondary N) is 1. The maximum Gasteiger partial charge on any atom is 0.169 e. The monoisotopic (exact) mass is 126 g/mol. The van der Waals surface area contributed by atoms with Gasteiger partial charge >= 0.3 is 0 Å². The number of nitrogens with zero attached hydrogens (tertiary/aromatic N) is 2. The predicted molar refractivity (Wildman–Crippen MR) is 34.9 cm³/mol. The first-order valence-electron chi connectivity index (χ1n) is 2.88. The molecule has 1 rings (SSSR count). The van der Waals surface area contributed by atoms with Crippen molar-refractivity contribution in [1.29, 1.82) is 0 Å². The molecule has 0 bridgehead atoms. The van der Waals surface area contributed by atoms with E-state index >= 15 is 0 Å². The van der Waals surface area contributed by atoms with Gasteiger partial charge in [-0.15, -0.1) is 5.10 Å².